The highest BCUT2D eigenvalue weighted by molar-refractivity contribution is 6.31. The number of benzene rings is 3. The fraction of sp³-hybridized carbons (Fsp3) is 0.120. The molecule has 0 aliphatic heterocycles. The van der Waals surface area contributed by atoms with E-state index in [0.29, 0.717) is 28.0 Å². The third-order valence-electron chi connectivity index (χ3n) is 5.56. The van der Waals surface area contributed by atoms with E-state index in [1.165, 1.54) is 23.0 Å². The molecule has 0 N–H and O–H groups in total. The van der Waals surface area contributed by atoms with Gasteiger partial charge in [0.05, 0.1) is 25.5 Å². The van der Waals surface area contributed by atoms with Gasteiger partial charge in [0.1, 0.15) is 22.6 Å². The Morgan fingerprint density at radius 1 is 1.03 bits per heavy atom. The standard InChI is InChI=1S/C25H19ClFN3O2/c1-32-19-7-4-5-16(11-19)13-30-22-10-9-18(27)12-20(22)23-24(30)25(31)29(15-28-23)14-17-6-2-3-8-21(17)26/h2-12,15H,13-14H2,1H3. The van der Waals surface area contributed by atoms with E-state index < -0.39 is 0 Å². The Bertz CT molecular complexity index is 1520. The molecule has 0 amide bonds. The summed E-state index contributed by atoms with van der Waals surface area (Å²) in [7, 11) is 1.61. The average Bonchev–Trinajstić information content (AvgIpc) is 3.10. The van der Waals surface area contributed by atoms with Gasteiger partial charge in [0.2, 0.25) is 0 Å². The predicted molar refractivity (Wildman–Crippen MR) is 124 cm³/mol. The molecule has 32 heavy (non-hydrogen) atoms. The van der Waals surface area contributed by atoms with Crippen molar-refractivity contribution in [2.45, 2.75) is 13.1 Å². The van der Waals surface area contributed by atoms with E-state index in [1.54, 1.807) is 19.2 Å². The van der Waals surface area contributed by atoms with Gasteiger partial charge in [0.25, 0.3) is 5.56 Å². The molecule has 0 bridgehead atoms. The largest absolute Gasteiger partial charge is 0.497 e. The maximum atomic E-state index is 14.1. The lowest BCUT2D eigenvalue weighted by molar-refractivity contribution is 0.414. The normalized spacial score (nSPS) is 11.3. The Labute approximate surface area is 188 Å². The van der Waals surface area contributed by atoms with Crippen LogP contribution in [0.2, 0.25) is 5.02 Å². The first kappa shape index (κ1) is 20.3. The smallest absolute Gasteiger partial charge is 0.278 e. The zero-order valence-electron chi connectivity index (χ0n) is 17.3. The molecular weight excluding hydrogens is 429 g/mol. The van der Waals surface area contributed by atoms with Crippen LogP contribution in [0.15, 0.2) is 77.9 Å². The third-order valence-corrected chi connectivity index (χ3v) is 5.93. The maximum Gasteiger partial charge on any atom is 0.278 e. The summed E-state index contributed by atoms with van der Waals surface area (Å²) in [6.07, 6.45) is 1.49. The van der Waals surface area contributed by atoms with Crippen LogP contribution < -0.4 is 10.3 Å². The van der Waals surface area contributed by atoms with Crippen molar-refractivity contribution in [3.8, 4) is 5.75 Å². The molecule has 3 aromatic carbocycles. The number of hydrogen-bond acceptors (Lipinski definition) is 3. The van der Waals surface area contributed by atoms with Crippen LogP contribution in [0.1, 0.15) is 11.1 Å². The average molecular weight is 448 g/mol. The van der Waals surface area contributed by atoms with E-state index in [9.17, 15) is 9.18 Å². The van der Waals surface area contributed by atoms with Crippen molar-refractivity contribution >= 4 is 33.5 Å². The molecule has 160 valence electrons. The lowest BCUT2D eigenvalue weighted by Gasteiger charge is -2.11. The highest BCUT2D eigenvalue weighted by Crippen LogP contribution is 2.28. The van der Waals surface area contributed by atoms with E-state index in [2.05, 4.69) is 4.98 Å². The van der Waals surface area contributed by atoms with E-state index in [-0.39, 0.29) is 17.9 Å². The minimum atomic E-state index is -0.375. The van der Waals surface area contributed by atoms with Gasteiger partial charge in [-0.2, -0.15) is 0 Å². The number of halogens is 2. The molecule has 0 saturated heterocycles. The van der Waals surface area contributed by atoms with Gasteiger partial charge in [-0.1, -0.05) is 41.9 Å². The van der Waals surface area contributed by atoms with Crippen LogP contribution in [0.4, 0.5) is 4.39 Å². The van der Waals surface area contributed by atoms with Gasteiger partial charge < -0.3 is 9.30 Å². The second kappa shape index (κ2) is 8.13. The summed E-state index contributed by atoms with van der Waals surface area (Å²) >= 11 is 6.30. The molecule has 0 radical (unpaired) electrons. The van der Waals surface area contributed by atoms with Crippen molar-refractivity contribution in [3.05, 3.63) is 105 Å². The van der Waals surface area contributed by atoms with E-state index in [4.69, 9.17) is 16.3 Å². The number of aromatic nitrogens is 3. The number of rotatable bonds is 5. The summed E-state index contributed by atoms with van der Waals surface area (Å²) < 4.78 is 22.8. The van der Waals surface area contributed by atoms with Crippen LogP contribution in [0, 0.1) is 5.82 Å². The molecule has 2 aromatic heterocycles. The maximum absolute atomic E-state index is 14.1. The number of methoxy groups -OCH3 is 1. The second-order valence-corrected chi connectivity index (χ2v) is 7.97. The van der Waals surface area contributed by atoms with Crippen LogP contribution >= 0.6 is 11.6 Å². The summed E-state index contributed by atoms with van der Waals surface area (Å²) in [6, 6.07) is 19.5. The minimum Gasteiger partial charge on any atom is -0.497 e. The topological polar surface area (TPSA) is 49.0 Å². The second-order valence-electron chi connectivity index (χ2n) is 7.57. The van der Waals surface area contributed by atoms with Gasteiger partial charge in [0.15, 0.2) is 0 Å². The van der Waals surface area contributed by atoms with Crippen LogP contribution in [0.5, 0.6) is 5.75 Å². The SMILES string of the molecule is COc1cccc(Cn2c3ccc(F)cc3c3ncn(Cc4ccccc4Cl)c(=O)c32)c1. The zero-order valence-corrected chi connectivity index (χ0v) is 18.0. The van der Waals surface area contributed by atoms with Gasteiger partial charge in [0, 0.05) is 17.0 Å². The molecule has 5 rings (SSSR count). The third kappa shape index (κ3) is 3.52. The van der Waals surface area contributed by atoms with Crippen molar-refractivity contribution in [2.75, 3.05) is 7.11 Å². The van der Waals surface area contributed by atoms with Crippen LogP contribution in [0.3, 0.4) is 0 Å². The van der Waals surface area contributed by atoms with Crippen molar-refractivity contribution in [1.82, 2.24) is 14.1 Å². The summed E-state index contributed by atoms with van der Waals surface area (Å²) in [5.74, 6) is 0.351. The molecule has 0 unspecified atom stereocenters. The zero-order chi connectivity index (χ0) is 22.2. The molecule has 0 atom stereocenters. The van der Waals surface area contributed by atoms with Crippen molar-refractivity contribution in [3.63, 3.8) is 0 Å². The molecule has 0 saturated carbocycles. The quantitative estimate of drug-likeness (QED) is 0.370. The molecule has 2 heterocycles. The summed E-state index contributed by atoms with van der Waals surface area (Å²) in [5, 5.41) is 1.18. The Balaban J connectivity index is 1.72. The highest BCUT2D eigenvalue weighted by Gasteiger charge is 2.18. The molecular formula is C25H19ClFN3O2. The predicted octanol–water partition coefficient (Wildman–Crippen LogP) is 5.25. The molecule has 5 nitrogen and oxygen atoms in total. The lowest BCUT2D eigenvalue weighted by Crippen LogP contribution is -2.23. The number of nitrogens with zero attached hydrogens (tertiary/aromatic N) is 3. The van der Waals surface area contributed by atoms with E-state index in [0.717, 1.165) is 22.4 Å². The van der Waals surface area contributed by atoms with Crippen LogP contribution in [-0.4, -0.2) is 21.2 Å². The molecule has 7 heteroatoms. The van der Waals surface area contributed by atoms with Gasteiger partial charge in [-0.05, 0) is 47.5 Å². The first-order valence-electron chi connectivity index (χ1n) is 10.1. The fourth-order valence-corrected chi connectivity index (χ4v) is 4.21. The fourth-order valence-electron chi connectivity index (χ4n) is 4.01. The summed E-state index contributed by atoms with van der Waals surface area (Å²) in [5.41, 5.74) is 3.19. The molecule has 0 aliphatic carbocycles. The lowest BCUT2D eigenvalue weighted by atomic mass is 10.2. The Morgan fingerprint density at radius 2 is 1.88 bits per heavy atom. The minimum absolute atomic E-state index is 0.213. The van der Waals surface area contributed by atoms with Gasteiger partial charge in [-0.3, -0.25) is 9.36 Å². The molecule has 5 aromatic rings. The van der Waals surface area contributed by atoms with E-state index >= 15 is 0 Å². The van der Waals surface area contributed by atoms with Gasteiger partial charge in [-0.15, -0.1) is 0 Å². The number of ether oxygens (including phenoxy) is 1. The Hall–Kier alpha value is -3.64. The van der Waals surface area contributed by atoms with E-state index in [1.807, 2.05) is 47.0 Å². The number of fused-ring (bicyclic) bond motifs is 3. The van der Waals surface area contributed by atoms with Gasteiger partial charge >= 0.3 is 0 Å². The van der Waals surface area contributed by atoms with Crippen LogP contribution in [0.25, 0.3) is 21.9 Å². The first-order valence-corrected chi connectivity index (χ1v) is 10.5. The Kier molecular flexibility index (Phi) is 5.15. The van der Waals surface area contributed by atoms with Crippen molar-refractivity contribution < 1.29 is 9.13 Å². The first-order chi connectivity index (χ1) is 15.5. The Morgan fingerprint density at radius 3 is 2.69 bits per heavy atom. The molecule has 0 fully saturated rings. The van der Waals surface area contributed by atoms with Crippen molar-refractivity contribution in [1.29, 1.82) is 0 Å². The summed E-state index contributed by atoms with van der Waals surface area (Å²) in [4.78, 5) is 18.1. The highest BCUT2D eigenvalue weighted by atomic mass is 35.5. The summed E-state index contributed by atoms with van der Waals surface area (Å²) in [6.45, 7) is 0.701. The molecule has 0 aliphatic rings. The van der Waals surface area contributed by atoms with Crippen LogP contribution in [-0.2, 0) is 13.1 Å². The monoisotopic (exact) mass is 447 g/mol. The molecule has 0 spiro atoms. The van der Waals surface area contributed by atoms with Crippen molar-refractivity contribution in [2.24, 2.45) is 0 Å². The number of hydrogen-bond donors (Lipinski definition) is 0. The van der Waals surface area contributed by atoms with Gasteiger partial charge in [-0.25, -0.2) is 9.37 Å².